The van der Waals surface area contributed by atoms with Gasteiger partial charge in [-0.3, -0.25) is 9.78 Å². The molecule has 0 bridgehead atoms. The van der Waals surface area contributed by atoms with E-state index in [1.54, 1.807) is 0 Å². The second-order valence-corrected chi connectivity index (χ2v) is 7.22. The molecule has 2 aromatic rings. The molecule has 3 rings (SSSR count). The van der Waals surface area contributed by atoms with Crippen LogP contribution in [-0.4, -0.2) is 30.2 Å². The van der Waals surface area contributed by atoms with Gasteiger partial charge in [-0.1, -0.05) is 37.0 Å². The molecule has 150 valence electrons. The van der Waals surface area contributed by atoms with Crippen molar-refractivity contribution in [2.24, 2.45) is 5.92 Å². The fourth-order valence-corrected chi connectivity index (χ4v) is 3.17. The van der Waals surface area contributed by atoms with Crippen molar-refractivity contribution in [3.63, 3.8) is 0 Å². The van der Waals surface area contributed by atoms with Gasteiger partial charge in [-0.2, -0.15) is 8.78 Å². The first kappa shape index (κ1) is 20.4. The van der Waals surface area contributed by atoms with E-state index in [1.165, 1.54) is 24.5 Å². The van der Waals surface area contributed by atoms with Crippen molar-refractivity contribution in [2.75, 3.05) is 17.2 Å². The highest BCUT2D eigenvalue weighted by atomic mass is 35.5. The summed E-state index contributed by atoms with van der Waals surface area (Å²) in [5.41, 5.74) is 0.624. The number of halogens is 4. The summed E-state index contributed by atoms with van der Waals surface area (Å²) in [5.74, 6) is -0.523. The Balaban J connectivity index is 1.98. The van der Waals surface area contributed by atoms with Crippen molar-refractivity contribution in [3.05, 3.63) is 40.1 Å². The molecule has 1 aromatic carbocycles. The van der Waals surface area contributed by atoms with Gasteiger partial charge in [0.1, 0.15) is 6.10 Å². The van der Waals surface area contributed by atoms with Gasteiger partial charge in [-0.15, -0.1) is 0 Å². The third kappa shape index (κ3) is 4.23. The summed E-state index contributed by atoms with van der Waals surface area (Å²) in [4.78, 5) is 16.6. The van der Waals surface area contributed by atoms with E-state index in [4.69, 9.17) is 27.9 Å². The van der Waals surface area contributed by atoms with Gasteiger partial charge in [0.15, 0.2) is 11.5 Å². The lowest BCUT2D eigenvalue weighted by atomic mass is 10.0. The number of nitrogens with one attached hydrogen (secondary N) is 2. The lowest BCUT2D eigenvalue weighted by molar-refractivity contribution is -0.0523. The molecule has 0 saturated heterocycles. The Morgan fingerprint density at radius 1 is 1.32 bits per heavy atom. The quantitative estimate of drug-likeness (QED) is 0.690. The molecular formula is C18H17Cl2F2N3O3. The number of benzene rings is 1. The van der Waals surface area contributed by atoms with Crippen LogP contribution in [0.5, 0.6) is 11.5 Å². The van der Waals surface area contributed by atoms with E-state index in [0.717, 1.165) is 0 Å². The first-order valence-electron chi connectivity index (χ1n) is 8.40. The number of carbonyl (C=O) groups excluding carboxylic acids is 1. The van der Waals surface area contributed by atoms with Gasteiger partial charge >= 0.3 is 6.61 Å². The molecule has 2 heterocycles. The number of carbonyl (C=O) groups is 1. The standard InChI is InChI=1S/C18H17Cl2F2N3O3/c1-8(2)13-7-24-14-9(3-4-12(16(14)27-13)28-18(21)22)17(26)25-15-10(19)5-23-6-11(15)20/h3-6,8,13,18,24H,7H2,1-2H3,(H,23,25,26)/t13-/m1/s1. The number of pyridine rings is 1. The molecule has 1 aliphatic rings. The number of ether oxygens (including phenoxy) is 2. The van der Waals surface area contributed by atoms with E-state index in [9.17, 15) is 13.6 Å². The highest BCUT2D eigenvalue weighted by Crippen LogP contribution is 2.43. The maximum absolute atomic E-state index is 12.8. The summed E-state index contributed by atoms with van der Waals surface area (Å²) in [6, 6.07) is 2.63. The lowest BCUT2D eigenvalue weighted by Crippen LogP contribution is -2.36. The summed E-state index contributed by atoms with van der Waals surface area (Å²) < 4.78 is 35.9. The number of anilines is 2. The Bertz CT molecular complexity index is 876. The third-order valence-corrected chi connectivity index (χ3v) is 4.74. The van der Waals surface area contributed by atoms with Crippen LogP contribution in [0.15, 0.2) is 24.5 Å². The summed E-state index contributed by atoms with van der Waals surface area (Å²) in [5, 5.41) is 6.02. The summed E-state index contributed by atoms with van der Waals surface area (Å²) >= 11 is 12.1. The van der Waals surface area contributed by atoms with E-state index >= 15 is 0 Å². The highest BCUT2D eigenvalue weighted by molar-refractivity contribution is 6.39. The Morgan fingerprint density at radius 3 is 2.61 bits per heavy atom. The van der Waals surface area contributed by atoms with Gasteiger partial charge in [0.25, 0.3) is 5.91 Å². The zero-order chi connectivity index (χ0) is 20.4. The topological polar surface area (TPSA) is 72.5 Å². The van der Waals surface area contributed by atoms with E-state index in [2.05, 4.69) is 20.4 Å². The Labute approximate surface area is 170 Å². The van der Waals surface area contributed by atoms with Crippen molar-refractivity contribution in [1.29, 1.82) is 0 Å². The number of fused-ring (bicyclic) bond motifs is 1. The molecule has 0 aliphatic carbocycles. The number of aromatic nitrogens is 1. The maximum atomic E-state index is 12.8. The molecule has 1 amide bonds. The average Bonchev–Trinajstić information content (AvgIpc) is 2.64. The molecule has 0 fully saturated rings. The molecule has 0 spiro atoms. The van der Waals surface area contributed by atoms with Crippen LogP contribution in [0, 0.1) is 5.92 Å². The number of rotatable bonds is 5. The molecule has 1 aromatic heterocycles. The SMILES string of the molecule is CC(C)[C@H]1CNc2c(C(=O)Nc3c(Cl)cncc3Cl)ccc(OC(F)F)c2O1. The second-order valence-electron chi connectivity index (χ2n) is 6.41. The molecule has 2 N–H and O–H groups in total. The zero-order valence-electron chi connectivity index (χ0n) is 14.9. The number of alkyl halides is 2. The molecule has 10 heteroatoms. The molecule has 0 saturated carbocycles. The van der Waals surface area contributed by atoms with Crippen LogP contribution in [0.2, 0.25) is 10.0 Å². The minimum absolute atomic E-state index is 0.0600. The monoisotopic (exact) mass is 431 g/mol. The smallest absolute Gasteiger partial charge is 0.387 e. The average molecular weight is 432 g/mol. The maximum Gasteiger partial charge on any atom is 0.387 e. The fraction of sp³-hybridized carbons (Fsp3) is 0.333. The van der Waals surface area contributed by atoms with Crippen molar-refractivity contribution in [2.45, 2.75) is 26.6 Å². The third-order valence-electron chi connectivity index (χ3n) is 4.17. The number of hydrogen-bond acceptors (Lipinski definition) is 5. The Hall–Kier alpha value is -2.32. The number of nitrogens with zero attached hydrogens (tertiary/aromatic N) is 1. The van der Waals surface area contributed by atoms with Crippen LogP contribution in [0.25, 0.3) is 0 Å². The van der Waals surface area contributed by atoms with Gasteiger partial charge in [0.05, 0.1) is 33.5 Å². The van der Waals surface area contributed by atoms with Gasteiger partial charge in [0, 0.05) is 12.4 Å². The molecule has 28 heavy (non-hydrogen) atoms. The van der Waals surface area contributed by atoms with E-state index < -0.39 is 12.5 Å². The Morgan fingerprint density at radius 2 is 2.00 bits per heavy atom. The molecule has 1 atom stereocenters. The van der Waals surface area contributed by atoms with E-state index in [-0.39, 0.29) is 50.5 Å². The number of hydrogen-bond donors (Lipinski definition) is 2. The van der Waals surface area contributed by atoms with Crippen LogP contribution in [0.1, 0.15) is 24.2 Å². The molecular weight excluding hydrogens is 415 g/mol. The summed E-state index contributed by atoms with van der Waals surface area (Å²) in [7, 11) is 0. The van der Waals surface area contributed by atoms with E-state index in [1.807, 2.05) is 13.8 Å². The van der Waals surface area contributed by atoms with Gasteiger partial charge in [-0.25, -0.2) is 0 Å². The number of amides is 1. The largest absolute Gasteiger partial charge is 0.482 e. The molecule has 6 nitrogen and oxygen atoms in total. The molecule has 0 unspecified atom stereocenters. The first-order valence-corrected chi connectivity index (χ1v) is 9.16. The van der Waals surface area contributed by atoms with Crippen molar-refractivity contribution in [3.8, 4) is 11.5 Å². The van der Waals surface area contributed by atoms with Crippen LogP contribution in [0.3, 0.4) is 0 Å². The molecule has 1 aliphatic heterocycles. The van der Waals surface area contributed by atoms with Gasteiger partial charge in [0.2, 0.25) is 0 Å². The van der Waals surface area contributed by atoms with Crippen molar-refractivity contribution in [1.82, 2.24) is 4.98 Å². The summed E-state index contributed by atoms with van der Waals surface area (Å²) in [6.45, 7) is 1.25. The van der Waals surface area contributed by atoms with E-state index in [0.29, 0.717) is 6.54 Å². The van der Waals surface area contributed by atoms with Gasteiger partial charge in [-0.05, 0) is 18.1 Å². The van der Waals surface area contributed by atoms with Crippen LogP contribution < -0.4 is 20.1 Å². The Kier molecular flexibility index (Phi) is 6.10. The predicted octanol–water partition coefficient (Wildman–Crippen LogP) is 5.07. The predicted molar refractivity (Wildman–Crippen MR) is 103 cm³/mol. The highest BCUT2D eigenvalue weighted by Gasteiger charge is 2.30. The van der Waals surface area contributed by atoms with Crippen LogP contribution in [0.4, 0.5) is 20.2 Å². The van der Waals surface area contributed by atoms with Crippen molar-refractivity contribution >= 4 is 40.5 Å². The van der Waals surface area contributed by atoms with Crippen LogP contribution in [-0.2, 0) is 0 Å². The fourth-order valence-electron chi connectivity index (χ4n) is 2.71. The van der Waals surface area contributed by atoms with Crippen LogP contribution >= 0.6 is 23.2 Å². The van der Waals surface area contributed by atoms with Gasteiger partial charge < -0.3 is 20.1 Å². The zero-order valence-corrected chi connectivity index (χ0v) is 16.4. The normalized spacial score (nSPS) is 15.6. The summed E-state index contributed by atoms with van der Waals surface area (Å²) in [6.07, 6.45) is 2.41. The minimum Gasteiger partial charge on any atom is -0.482 e. The minimum atomic E-state index is -3.03. The second kappa shape index (κ2) is 8.36. The molecule has 0 radical (unpaired) electrons. The van der Waals surface area contributed by atoms with Crippen molar-refractivity contribution < 1.29 is 23.0 Å². The first-order chi connectivity index (χ1) is 13.3. The lowest BCUT2D eigenvalue weighted by Gasteiger charge is -2.32.